The molecule has 0 saturated heterocycles. The van der Waals surface area contributed by atoms with Gasteiger partial charge in [0.05, 0.1) is 11.6 Å². The molecule has 1 aliphatic heterocycles. The molecule has 0 fully saturated rings. The van der Waals surface area contributed by atoms with Crippen molar-refractivity contribution in [3.63, 3.8) is 0 Å². The SMILES string of the molecule is O=C(Nc1cc(-c2ccc(C(F)F)nc2)cc2c1C(c1cc(F)ccc1Cl)NC2=O)c1cc(F)cc(C(F)(F)F)c1. The first-order valence-electron chi connectivity index (χ1n) is 11.7. The molecule has 1 aliphatic rings. The predicted molar refractivity (Wildman–Crippen MR) is 135 cm³/mol. The number of pyridine rings is 1. The highest BCUT2D eigenvalue weighted by atomic mass is 35.5. The van der Waals surface area contributed by atoms with Crippen molar-refractivity contribution in [2.75, 3.05) is 5.32 Å². The van der Waals surface area contributed by atoms with Crippen LogP contribution in [0.15, 0.2) is 66.9 Å². The first kappa shape index (κ1) is 28.1. The molecule has 3 aromatic carbocycles. The van der Waals surface area contributed by atoms with Crippen LogP contribution in [0.4, 0.5) is 36.4 Å². The Kier molecular flexibility index (Phi) is 7.20. The van der Waals surface area contributed by atoms with E-state index in [9.17, 15) is 40.3 Å². The van der Waals surface area contributed by atoms with Crippen LogP contribution in [0.25, 0.3) is 11.1 Å². The maximum absolute atomic E-state index is 14.1. The Bertz CT molecular complexity index is 1690. The van der Waals surface area contributed by atoms with Crippen LogP contribution >= 0.6 is 11.6 Å². The zero-order valence-electron chi connectivity index (χ0n) is 20.3. The minimum atomic E-state index is -4.94. The summed E-state index contributed by atoms with van der Waals surface area (Å²) in [6.45, 7) is 0. The highest BCUT2D eigenvalue weighted by molar-refractivity contribution is 6.31. The van der Waals surface area contributed by atoms with Gasteiger partial charge in [-0.2, -0.15) is 13.2 Å². The van der Waals surface area contributed by atoms with Crippen LogP contribution in [0, 0.1) is 11.6 Å². The quantitative estimate of drug-likeness (QED) is 0.233. The molecule has 210 valence electrons. The number of hydrogen-bond acceptors (Lipinski definition) is 3. The van der Waals surface area contributed by atoms with E-state index in [1.807, 2.05) is 0 Å². The molecule has 2 N–H and O–H groups in total. The number of hydrogen-bond donors (Lipinski definition) is 2. The Morgan fingerprint density at radius 1 is 0.951 bits per heavy atom. The van der Waals surface area contributed by atoms with Crippen molar-refractivity contribution >= 4 is 29.1 Å². The van der Waals surface area contributed by atoms with Crippen molar-refractivity contribution in [2.24, 2.45) is 0 Å². The summed E-state index contributed by atoms with van der Waals surface area (Å²) >= 11 is 6.27. The van der Waals surface area contributed by atoms with Gasteiger partial charge in [0, 0.05) is 44.7 Å². The second-order valence-electron chi connectivity index (χ2n) is 9.01. The van der Waals surface area contributed by atoms with E-state index in [0.29, 0.717) is 12.1 Å². The summed E-state index contributed by atoms with van der Waals surface area (Å²) in [5.74, 6) is -3.80. The maximum atomic E-state index is 14.1. The van der Waals surface area contributed by atoms with Crippen LogP contribution in [0.2, 0.25) is 5.02 Å². The third-order valence-electron chi connectivity index (χ3n) is 6.34. The minimum Gasteiger partial charge on any atom is -0.341 e. The van der Waals surface area contributed by atoms with E-state index in [-0.39, 0.29) is 44.6 Å². The fourth-order valence-electron chi connectivity index (χ4n) is 4.46. The van der Waals surface area contributed by atoms with Crippen molar-refractivity contribution < 1.29 is 40.3 Å². The van der Waals surface area contributed by atoms with Gasteiger partial charge in [-0.3, -0.25) is 14.6 Å². The third-order valence-corrected chi connectivity index (χ3v) is 6.68. The summed E-state index contributed by atoms with van der Waals surface area (Å²) in [6, 6.07) is 8.69. The number of aromatic nitrogens is 1. The van der Waals surface area contributed by atoms with E-state index in [2.05, 4.69) is 15.6 Å². The zero-order valence-corrected chi connectivity index (χ0v) is 21.0. The van der Waals surface area contributed by atoms with Gasteiger partial charge in [-0.25, -0.2) is 17.6 Å². The highest BCUT2D eigenvalue weighted by Crippen LogP contribution is 2.42. The van der Waals surface area contributed by atoms with Gasteiger partial charge >= 0.3 is 6.18 Å². The molecule has 1 aromatic heterocycles. The van der Waals surface area contributed by atoms with E-state index in [1.54, 1.807) is 0 Å². The van der Waals surface area contributed by atoms with Crippen molar-refractivity contribution in [3.8, 4) is 11.1 Å². The number of carbonyl (C=O) groups excluding carboxylic acids is 2. The smallest absolute Gasteiger partial charge is 0.341 e. The molecule has 5 rings (SSSR count). The van der Waals surface area contributed by atoms with E-state index in [1.165, 1.54) is 24.3 Å². The first-order valence-corrected chi connectivity index (χ1v) is 12.1. The topological polar surface area (TPSA) is 71.1 Å². The number of carbonyl (C=O) groups is 2. The van der Waals surface area contributed by atoms with Crippen molar-refractivity contribution in [2.45, 2.75) is 18.6 Å². The fraction of sp³-hybridized carbons (Fsp3) is 0.107. The summed E-state index contributed by atoms with van der Waals surface area (Å²) < 4.78 is 93.9. The van der Waals surface area contributed by atoms with Crippen LogP contribution in [0.1, 0.15) is 55.6 Å². The van der Waals surface area contributed by atoms with Gasteiger partial charge in [-0.1, -0.05) is 17.7 Å². The largest absolute Gasteiger partial charge is 0.416 e. The van der Waals surface area contributed by atoms with Gasteiger partial charge in [-0.15, -0.1) is 0 Å². The van der Waals surface area contributed by atoms with E-state index in [4.69, 9.17) is 11.6 Å². The molecule has 13 heteroatoms. The zero-order chi connectivity index (χ0) is 29.6. The Balaban J connectivity index is 1.65. The summed E-state index contributed by atoms with van der Waals surface area (Å²) in [6.07, 6.45) is -6.66. The summed E-state index contributed by atoms with van der Waals surface area (Å²) in [7, 11) is 0. The minimum absolute atomic E-state index is 0.0173. The Morgan fingerprint density at radius 2 is 1.71 bits per heavy atom. The number of nitrogens with one attached hydrogen (secondary N) is 2. The Labute approximate surface area is 232 Å². The number of anilines is 1. The van der Waals surface area contributed by atoms with Gasteiger partial charge in [0.2, 0.25) is 0 Å². The molecule has 2 amide bonds. The first-order chi connectivity index (χ1) is 19.3. The number of alkyl halides is 5. The average molecular weight is 594 g/mol. The lowest BCUT2D eigenvalue weighted by molar-refractivity contribution is -0.137. The number of halogens is 8. The number of fused-ring (bicyclic) bond motifs is 1. The molecular weight excluding hydrogens is 579 g/mol. The number of rotatable bonds is 5. The van der Waals surface area contributed by atoms with Crippen LogP contribution in [-0.2, 0) is 6.18 Å². The number of amides is 2. The molecule has 0 radical (unpaired) electrons. The molecule has 0 spiro atoms. The fourth-order valence-corrected chi connectivity index (χ4v) is 4.68. The molecule has 41 heavy (non-hydrogen) atoms. The van der Waals surface area contributed by atoms with Gasteiger partial charge in [0.25, 0.3) is 18.2 Å². The van der Waals surface area contributed by atoms with Gasteiger partial charge in [0.15, 0.2) is 0 Å². The second-order valence-corrected chi connectivity index (χ2v) is 9.42. The molecule has 0 bridgehead atoms. The van der Waals surface area contributed by atoms with Gasteiger partial charge in [-0.05, 0) is 60.2 Å². The maximum Gasteiger partial charge on any atom is 0.416 e. The molecular formula is C28H15ClF7N3O2. The lowest BCUT2D eigenvalue weighted by Gasteiger charge is -2.19. The molecule has 0 aliphatic carbocycles. The molecule has 4 aromatic rings. The van der Waals surface area contributed by atoms with Crippen LogP contribution in [0.3, 0.4) is 0 Å². The second kappa shape index (κ2) is 10.5. The Hall–Kier alpha value is -4.45. The molecule has 0 saturated carbocycles. The predicted octanol–water partition coefficient (Wildman–Crippen LogP) is 7.72. The summed E-state index contributed by atoms with van der Waals surface area (Å²) in [4.78, 5) is 29.8. The third kappa shape index (κ3) is 5.60. The monoisotopic (exact) mass is 593 g/mol. The van der Waals surface area contributed by atoms with E-state index >= 15 is 0 Å². The lowest BCUT2D eigenvalue weighted by Crippen LogP contribution is -2.21. The molecule has 2 heterocycles. The van der Waals surface area contributed by atoms with Crippen LogP contribution in [-0.4, -0.2) is 16.8 Å². The van der Waals surface area contributed by atoms with Crippen molar-refractivity contribution in [1.82, 2.24) is 10.3 Å². The summed E-state index contributed by atoms with van der Waals surface area (Å²) in [5, 5.41) is 5.12. The number of nitrogens with zero attached hydrogens (tertiary/aromatic N) is 1. The normalized spacial score (nSPS) is 14.7. The molecule has 5 nitrogen and oxygen atoms in total. The average Bonchev–Trinajstić information content (AvgIpc) is 3.25. The van der Waals surface area contributed by atoms with Crippen molar-refractivity contribution in [3.05, 3.63) is 117 Å². The number of benzene rings is 3. The van der Waals surface area contributed by atoms with Crippen LogP contribution in [0.5, 0.6) is 0 Å². The Morgan fingerprint density at radius 3 is 2.37 bits per heavy atom. The van der Waals surface area contributed by atoms with E-state index < -0.39 is 58.9 Å². The lowest BCUT2D eigenvalue weighted by atomic mass is 9.93. The van der Waals surface area contributed by atoms with Crippen LogP contribution < -0.4 is 10.6 Å². The van der Waals surface area contributed by atoms with Gasteiger partial charge < -0.3 is 10.6 Å². The highest BCUT2D eigenvalue weighted by Gasteiger charge is 2.36. The molecule has 1 unspecified atom stereocenters. The summed E-state index contributed by atoms with van der Waals surface area (Å²) in [5.41, 5.74) is -1.99. The standard InChI is InChI=1S/C28H15ClF7N3O2/c29-20-3-2-16(30)10-18(20)24-23-19(27(41)39-24)7-13(12-1-4-21(25(32)33)37-11-12)8-22(23)38-26(40)14-5-15(28(34,35)36)9-17(31)6-14/h1-11,24-25H,(H,38,40)(H,39,41). The van der Waals surface area contributed by atoms with Crippen molar-refractivity contribution in [1.29, 1.82) is 0 Å². The van der Waals surface area contributed by atoms with E-state index in [0.717, 1.165) is 24.4 Å². The molecule has 1 atom stereocenters. The van der Waals surface area contributed by atoms with Gasteiger partial charge in [0.1, 0.15) is 17.3 Å².